The average Bonchev–Trinajstić information content (AvgIpc) is 3.11. The Morgan fingerprint density at radius 2 is 1.96 bits per heavy atom. The lowest BCUT2D eigenvalue weighted by atomic mass is 10.1. The van der Waals surface area contributed by atoms with Crippen LogP contribution in [0.15, 0.2) is 60.8 Å². The van der Waals surface area contributed by atoms with Crippen LogP contribution in [0, 0.1) is 6.92 Å². The smallest absolute Gasteiger partial charge is 0.231 e. The highest BCUT2D eigenvalue weighted by atomic mass is 35.5. The molecule has 0 radical (unpaired) electrons. The van der Waals surface area contributed by atoms with Crippen molar-refractivity contribution in [1.82, 2.24) is 14.6 Å². The Kier molecular flexibility index (Phi) is 5.17. The number of methoxy groups -OCH3 is 1. The monoisotopic (exact) mass is 393 g/mol. The minimum absolute atomic E-state index is 0.518. The molecule has 2 heterocycles. The zero-order valence-corrected chi connectivity index (χ0v) is 16.5. The summed E-state index contributed by atoms with van der Waals surface area (Å²) in [5, 5.41) is 5.35. The quantitative estimate of drug-likeness (QED) is 0.463. The number of halogens is 1. The van der Waals surface area contributed by atoms with Gasteiger partial charge in [-0.2, -0.15) is 0 Å². The van der Waals surface area contributed by atoms with Crippen LogP contribution in [-0.4, -0.2) is 28.3 Å². The van der Waals surface area contributed by atoms with Gasteiger partial charge in [0.15, 0.2) is 5.65 Å². The molecule has 0 saturated heterocycles. The second-order valence-corrected chi connectivity index (χ2v) is 6.93. The van der Waals surface area contributed by atoms with Crippen LogP contribution in [0.4, 0.5) is 0 Å². The average molecular weight is 394 g/mol. The third-order valence-electron chi connectivity index (χ3n) is 4.58. The van der Waals surface area contributed by atoms with Crippen molar-refractivity contribution in [2.75, 3.05) is 13.7 Å². The van der Waals surface area contributed by atoms with E-state index in [4.69, 9.17) is 21.1 Å². The third kappa shape index (κ3) is 3.80. The summed E-state index contributed by atoms with van der Waals surface area (Å²) in [5.74, 6) is 1.38. The maximum absolute atomic E-state index is 6.03. The minimum Gasteiger partial charge on any atom is -0.497 e. The molecule has 5 nitrogen and oxygen atoms in total. The van der Waals surface area contributed by atoms with E-state index in [1.807, 2.05) is 72.2 Å². The van der Waals surface area contributed by atoms with Gasteiger partial charge in [-0.15, -0.1) is 5.10 Å². The Morgan fingerprint density at radius 3 is 2.75 bits per heavy atom. The topological polar surface area (TPSA) is 48.7 Å². The van der Waals surface area contributed by atoms with Crippen molar-refractivity contribution in [3.8, 4) is 22.9 Å². The fourth-order valence-electron chi connectivity index (χ4n) is 3.13. The van der Waals surface area contributed by atoms with Gasteiger partial charge in [0.25, 0.3) is 0 Å². The normalized spacial score (nSPS) is 11.0. The Balaban J connectivity index is 1.56. The number of aromatic nitrogens is 3. The first-order chi connectivity index (χ1) is 13.6. The van der Waals surface area contributed by atoms with Crippen LogP contribution in [-0.2, 0) is 6.42 Å². The summed E-state index contributed by atoms with van der Waals surface area (Å²) >= 11 is 6.03. The molecule has 2 aromatic heterocycles. The van der Waals surface area contributed by atoms with Gasteiger partial charge in [0, 0.05) is 23.1 Å². The van der Waals surface area contributed by atoms with E-state index in [1.54, 1.807) is 7.11 Å². The van der Waals surface area contributed by atoms with Gasteiger partial charge in [-0.05, 0) is 54.4 Å². The molecule has 2 aromatic carbocycles. The molecule has 0 N–H and O–H groups in total. The molecular weight excluding hydrogens is 374 g/mol. The molecule has 0 bridgehead atoms. The molecule has 28 heavy (non-hydrogen) atoms. The molecule has 0 saturated carbocycles. The van der Waals surface area contributed by atoms with Gasteiger partial charge < -0.3 is 9.47 Å². The molecule has 4 aromatic rings. The zero-order chi connectivity index (χ0) is 19.5. The van der Waals surface area contributed by atoms with Crippen LogP contribution in [0.5, 0.6) is 11.6 Å². The first-order valence-electron chi connectivity index (χ1n) is 9.01. The molecule has 0 spiro atoms. The van der Waals surface area contributed by atoms with Gasteiger partial charge in [-0.1, -0.05) is 23.7 Å². The van der Waals surface area contributed by atoms with Gasteiger partial charge >= 0.3 is 0 Å². The summed E-state index contributed by atoms with van der Waals surface area (Å²) in [6.45, 7) is 2.56. The van der Waals surface area contributed by atoms with Crippen molar-refractivity contribution in [1.29, 1.82) is 0 Å². The van der Waals surface area contributed by atoms with Gasteiger partial charge in [-0.25, -0.2) is 9.50 Å². The maximum Gasteiger partial charge on any atom is 0.231 e. The highest BCUT2D eigenvalue weighted by molar-refractivity contribution is 6.30. The highest BCUT2D eigenvalue weighted by Crippen LogP contribution is 2.27. The van der Waals surface area contributed by atoms with Crippen molar-refractivity contribution < 1.29 is 9.47 Å². The first kappa shape index (κ1) is 18.3. The Bertz CT molecular complexity index is 1120. The lowest BCUT2D eigenvalue weighted by Gasteiger charge is -2.09. The maximum atomic E-state index is 6.03. The van der Waals surface area contributed by atoms with Crippen molar-refractivity contribution in [2.45, 2.75) is 13.3 Å². The Morgan fingerprint density at radius 1 is 1.07 bits per heavy atom. The van der Waals surface area contributed by atoms with Crippen molar-refractivity contribution in [2.24, 2.45) is 0 Å². The molecule has 0 aliphatic heterocycles. The number of fused-ring (bicyclic) bond motifs is 1. The number of nitrogens with zero attached hydrogens (tertiary/aromatic N) is 3. The largest absolute Gasteiger partial charge is 0.497 e. The van der Waals surface area contributed by atoms with Crippen LogP contribution in [0.2, 0.25) is 5.02 Å². The molecule has 0 amide bonds. The van der Waals surface area contributed by atoms with E-state index in [0.29, 0.717) is 12.5 Å². The van der Waals surface area contributed by atoms with Gasteiger partial charge in [0.2, 0.25) is 5.88 Å². The van der Waals surface area contributed by atoms with E-state index in [1.165, 1.54) is 0 Å². The zero-order valence-electron chi connectivity index (χ0n) is 15.7. The SMILES string of the molecule is COc1ccc(-c2cnc3ccc(OCCc4cccc(Cl)c4)nn23)c(C)c1. The number of ether oxygens (including phenoxy) is 2. The fourth-order valence-corrected chi connectivity index (χ4v) is 3.35. The number of hydrogen-bond donors (Lipinski definition) is 0. The number of aryl methyl sites for hydroxylation is 1. The summed E-state index contributed by atoms with van der Waals surface area (Å²) in [5.41, 5.74) is 4.96. The van der Waals surface area contributed by atoms with E-state index < -0.39 is 0 Å². The van der Waals surface area contributed by atoms with E-state index >= 15 is 0 Å². The summed E-state index contributed by atoms with van der Waals surface area (Å²) in [6.07, 6.45) is 2.58. The number of rotatable bonds is 6. The second-order valence-electron chi connectivity index (χ2n) is 6.49. The molecule has 4 rings (SSSR count). The lowest BCUT2D eigenvalue weighted by molar-refractivity contribution is 0.305. The fraction of sp³-hybridized carbons (Fsp3) is 0.182. The highest BCUT2D eigenvalue weighted by Gasteiger charge is 2.11. The van der Waals surface area contributed by atoms with Crippen LogP contribution in [0.1, 0.15) is 11.1 Å². The second kappa shape index (κ2) is 7.90. The van der Waals surface area contributed by atoms with E-state index in [-0.39, 0.29) is 0 Å². The molecule has 0 unspecified atom stereocenters. The number of benzene rings is 2. The molecule has 142 valence electrons. The van der Waals surface area contributed by atoms with Crippen molar-refractivity contribution in [3.05, 3.63) is 76.9 Å². The Labute approximate surface area is 168 Å². The van der Waals surface area contributed by atoms with Crippen molar-refractivity contribution in [3.63, 3.8) is 0 Å². The molecular formula is C22H20ClN3O2. The summed E-state index contributed by atoms with van der Waals surface area (Å²) < 4.78 is 13.0. The summed E-state index contributed by atoms with van der Waals surface area (Å²) in [6, 6.07) is 17.5. The standard InChI is InChI=1S/C22H20ClN3O2/c1-15-12-18(27-2)6-7-19(15)20-14-24-21-8-9-22(25-26(20)21)28-11-10-16-4-3-5-17(23)13-16/h3-9,12-14H,10-11H2,1-2H3. The van der Waals surface area contributed by atoms with Crippen LogP contribution >= 0.6 is 11.6 Å². The van der Waals surface area contributed by atoms with Crippen LogP contribution in [0.3, 0.4) is 0 Å². The lowest BCUT2D eigenvalue weighted by Crippen LogP contribution is -2.05. The molecule has 0 atom stereocenters. The molecule has 6 heteroatoms. The molecule has 0 fully saturated rings. The van der Waals surface area contributed by atoms with E-state index in [2.05, 4.69) is 10.1 Å². The van der Waals surface area contributed by atoms with Gasteiger partial charge in [0.1, 0.15) is 5.75 Å². The van der Waals surface area contributed by atoms with E-state index in [9.17, 15) is 0 Å². The van der Waals surface area contributed by atoms with Gasteiger partial charge in [0.05, 0.1) is 25.6 Å². The molecule has 0 aliphatic rings. The predicted octanol–water partition coefficient (Wildman–Crippen LogP) is 4.99. The van der Waals surface area contributed by atoms with Crippen molar-refractivity contribution >= 4 is 17.2 Å². The number of imidazole rings is 1. The predicted molar refractivity (Wildman–Crippen MR) is 110 cm³/mol. The van der Waals surface area contributed by atoms with Crippen LogP contribution < -0.4 is 9.47 Å². The first-order valence-corrected chi connectivity index (χ1v) is 9.39. The molecule has 0 aliphatic carbocycles. The van der Waals surface area contributed by atoms with Crippen LogP contribution in [0.25, 0.3) is 16.9 Å². The number of hydrogen-bond acceptors (Lipinski definition) is 4. The summed E-state index contributed by atoms with van der Waals surface area (Å²) in [4.78, 5) is 4.46. The van der Waals surface area contributed by atoms with Gasteiger partial charge in [-0.3, -0.25) is 0 Å². The minimum atomic E-state index is 0.518. The summed E-state index contributed by atoms with van der Waals surface area (Å²) in [7, 11) is 1.66. The van der Waals surface area contributed by atoms with E-state index in [0.717, 1.165) is 45.2 Å². The Hall–Kier alpha value is -3.05. The third-order valence-corrected chi connectivity index (χ3v) is 4.81.